The average Bonchev–Trinajstić information content (AvgIpc) is 3.50. The van der Waals surface area contributed by atoms with Crippen molar-refractivity contribution in [3.05, 3.63) is 79.2 Å². The first-order valence-electron chi connectivity index (χ1n) is 12.7. The number of thiophene rings is 1. The second-order valence-corrected chi connectivity index (χ2v) is 12.0. The van der Waals surface area contributed by atoms with Crippen LogP contribution in [0.3, 0.4) is 0 Å². The Labute approximate surface area is 228 Å². The maximum atomic E-state index is 13.6. The van der Waals surface area contributed by atoms with E-state index in [2.05, 4.69) is 34.3 Å². The number of hydrogen-bond acceptors (Lipinski definition) is 8. The number of aliphatic hydroxyl groups is 1. The summed E-state index contributed by atoms with van der Waals surface area (Å²) in [5, 5.41) is 23.4. The summed E-state index contributed by atoms with van der Waals surface area (Å²) in [6.45, 7) is 6.03. The molecule has 5 aromatic heterocycles. The number of aromatic nitrogens is 6. The Bertz CT molecular complexity index is 1870. The van der Waals surface area contributed by atoms with Gasteiger partial charge < -0.3 is 15.0 Å². The Morgan fingerprint density at radius 1 is 1.15 bits per heavy atom. The third-order valence-corrected chi connectivity index (χ3v) is 8.61. The molecule has 0 aromatic carbocycles. The number of nitrogens with one attached hydrogen (secondary N) is 1. The number of nitrogens with zero attached hydrogens (tertiary/aromatic N) is 6. The van der Waals surface area contributed by atoms with E-state index >= 15 is 0 Å². The number of fused-ring (bicyclic) bond motifs is 3. The van der Waals surface area contributed by atoms with Crippen molar-refractivity contribution in [2.75, 3.05) is 5.32 Å². The minimum atomic E-state index is -0.370. The Kier molecular flexibility index (Phi) is 5.81. The normalized spacial score (nSPS) is 14.2. The molecule has 0 bridgehead atoms. The predicted molar refractivity (Wildman–Crippen MR) is 152 cm³/mol. The largest absolute Gasteiger partial charge is 0.392 e. The molecule has 39 heavy (non-hydrogen) atoms. The SMILES string of the molecule is Cc1cc(Nc2cc(-c3ccnc(-n4ncc5c6c(sc5c4=O)CC(C)(C)C6)c3CO)cn(C)c2=O)nn1C. The summed E-state index contributed by atoms with van der Waals surface area (Å²) in [7, 11) is 3.50. The number of aryl methyl sites for hydroxylation is 3. The van der Waals surface area contributed by atoms with Gasteiger partial charge in [-0.2, -0.15) is 14.9 Å². The first-order chi connectivity index (χ1) is 18.6. The molecular formula is C28H29N7O3S. The van der Waals surface area contributed by atoms with Crippen molar-refractivity contribution in [1.82, 2.24) is 29.1 Å². The fourth-order valence-electron chi connectivity index (χ4n) is 5.35. The second kappa shape index (κ2) is 8.99. The van der Waals surface area contributed by atoms with E-state index < -0.39 is 0 Å². The highest BCUT2D eigenvalue weighted by Gasteiger charge is 2.32. The molecule has 1 aliphatic carbocycles. The summed E-state index contributed by atoms with van der Waals surface area (Å²) in [4.78, 5) is 32.2. The quantitative estimate of drug-likeness (QED) is 0.348. The minimum absolute atomic E-state index is 0.184. The first-order valence-corrected chi connectivity index (χ1v) is 13.5. The van der Waals surface area contributed by atoms with Gasteiger partial charge in [0.05, 0.1) is 12.8 Å². The van der Waals surface area contributed by atoms with Gasteiger partial charge in [0.15, 0.2) is 11.6 Å². The van der Waals surface area contributed by atoms with Gasteiger partial charge >= 0.3 is 0 Å². The van der Waals surface area contributed by atoms with Crippen LogP contribution >= 0.6 is 11.3 Å². The Hall–Kier alpha value is -4.09. The molecule has 5 heterocycles. The second-order valence-electron chi connectivity index (χ2n) is 10.9. The maximum Gasteiger partial charge on any atom is 0.290 e. The molecule has 0 amide bonds. The highest BCUT2D eigenvalue weighted by Crippen LogP contribution is 2.43. The van der Waals surface area contributed by atoms with E-state index in [1.54, 1.807) is 42.5 Å². The molecule has 0 fully saturated rings. The van der Waals surface area contributed by atoms with Gasteiger partial charge in [-0.3, -0.25) is 14.3 Å². The molecule has 200 valence electrons. The van der Waals surface area contributed by atoms with Gasteiger partial charge in [0.1, 0.15) is 10.4 Å². The van der Waals surface area contributed by atoms with Crippen LogP contribution in [-0.2, 0) is 33.5 Å². The zero-order valence-electron chi connectivity index (χ0n) is 22.4. The van der Waals surface area contributed by atoms with Gasteiger partial charge in [0.25, 0.3) is 11.1 Å². The van der Waals surface area contributed by atoms with Crippen LogP contribution in [-0.4, -0.2) is 34.2 Å². The van der Waals surface area contributed by atoms with Crippen molar-refractivity contribution in [2.45, 2.75) is 40.2 Å². The lowest BCUT2D eigenvalue weighted by molar-refractivity contribution is 0.281. The molecule has 0 saturated carbocycles. The lowest BCUT2D eigenvalue weighted by Gasteiger charge is -2.16. The van der Waals surface area contributed by atoms with Crippen LogP contribution in [0, 0.1) is 12.3 Å². The van der Waals surface area contributed by atoms with Gasteiger partial charge in [-0.15, -0.1) is 11.3 Å². The summed E-state index contributed by atoms with van der Waals surface area (Å²) in [5.41, 5.74) is 3.96. The predicted octanol–water partition coefficient (Wildman–Crippen LogP) is 3.61. The van der Waals surface area contributed by atoms with E-state index in [1.165, 1.54) is 31.0 Å². The first kappa shape index (κ1) is 25.2. The number of pyridine rings is 2. The van der Waals surface area contributed by atoms with Gasteiger partial charge in [-0.25, -0.2) is 4.98 Å². The highest BCUT2D eigenvalue weighted by atomic mass is 32.1. The molecule has 0 atom stereocenters. The zero-order chi connectivity index (χ0) is 27.6. The Balaban J connectivity index is 1.46. The minimum Gasteiger partial charge on any atom is -0.392 e. The third-order valence-electron chi connectivity index (χ3n) is 7.38. The molecule has 1 aliphatic rings. The third kappa shape index (κ3) is 4.18. The monoisotopic (exact) mass is 543 g/mol. The smallest absolute Gasteiger partial charge is 0.290 e. The zero-order valence-corrected chi connectivity index (χ0v) is 23.3. The Morgan fingerprint density at radius 3 is 2.67 bits per heavy atom. The lowest BCUT2D eigenvalue weighted by atomic mass is 9.90. The maximum absolute atomic E-state index is 13.6. The molecule has 0 saturated heterocycles. The number of hydrogen-bond donors (Lipinski definition) is 2. The van der Waals surface area contributed by atoms with Crippen LogP contribution in [0.15, 0.2) is 46.4 Å². The number of anilines is 2. The van der Waals surface area contributed by atoms with Crippen LogP contribution in [0.4, 0.5) is 11.5 Å². The fourth-order valence-corrected chi connectivity index (χ4v) is 6.82. The van der Waals surface area contributed by atoms with E-state index in [0.29, 0.717) is 32.9 Å². The van der Waals surface area contributed by atoms with E-state index in [-0.39, 0.29) is 29.0 Å². The molecule has 0 radical (unpaired) electrons. The molecule has 0 aliphatic heterocycles. The van der Waals surface area contributed by atoms with Gasteiger partial charge in [0.2, 0.25) is 0 Å². The highest BCUT2D eigenvalue weighted by molar-refractivity contribution is 7.19. The lowest BCUT2D eigenvalue weighted by Crippen LogP contribution is -2.23. The van der Waals surface area contributed by atoms with E-state index in [9.17, 15) is 14.7 Å². The van der Waals surface area contributed by atoms with Crippen LogP contribution < -0.4 is 16.4 Å². The van der Waals surface area contributed by atoms with Crippen LogP contribution in [0.25, 0.3) is 27.0 Å². The van der Waals surface area contributed by atoms with Crippen molar-refractivity contribution in [1.29, 1.82) is 0 Å². The van der Waals surface area contributed by atoms with Crippen molar-refractivity contribution >= 4 is 32.9 Å². The topological polar surface area (TPSA) is 120 Å². The summed E-state index contributed by atoms with van der Waals surface area (Å²) < 4.78 is 5.12. The van der Waals surface area contributed by atoms with Gasteiger partial charge in [-0.1, -0.05) is 13.8 Å². The fraction of sp³-hybridized carbons (Fsp3) is 0.321. The molecule has 0 unspecified atom stereocenters. The standard InChI is InChI=1S/C28H29N7O3S/c1-15-8-23(32-34(15)5)31-21-9-16(13-33(4)26(21)37)17-6-7-29-25(20(17)14-36)35-27(38)24-19(12-30-35)18-10-28(2,3)11-22(18)39-24/h6-9,12-13,36H,10-11,14H2,1-5H3,(H,31,32). The molecule has 0 spiro atoms. The van der Waals surface area contributed by atoms with Crippen LogP contribution in [0.5, 0.6) is 0 Å². The molecule has 6 rings (SSSR count). The summed E-state index contributed by atoms with van der Waals surface area (Å²) in [5.74, 6) is 0.817. The summed E-state index contributed by atoms with van der Waals surface area (Å²) in [6.07, 6.45) is 6.88. The van der Waals surface area contributed by atoms with Crippen LogP contribution in [0.1, 0.15) is 35.5 Å². The average molecular weight is 544 g/mol. The number of rotatable bonds is 5. The van der Waals surface area contributed by atoms with Crippen molar-refractivity contribution in [3.8, 4) is 16.9 Å². The Morgan fingerprint density at radius 2 is 1.95 bits per heavy atom. The molecule has 11 heteroatoms. The molecule has 2 N–H and O–H groups in total. The molecule has 10 nitrogen and oxygen atoms in total. The van der Waals surface area contributed by atoms with Gasteiger partial charge in [0, 0.05) is 59.6 Å². The van der Waals surface area contributed by atoms with E-state index in [4.69, 9.17) is 0 Å². The van der Waals surface area contributed by atoms with Crippen molar-refractivity contribution < 1.29 is 5.11 Å². The van der Waals surface area contributed by atoms with Gasteiger partial charge in [-0.05, 0) is 48.4 Å². The van der Waals surface area contributed by atoms with Crippen molar-refractivity contribution in [2.24, 2.45) is 19.5 Å². The van der Waals surface area contributed by atoms with Crippen LogP contribution in [0.2, 0.25) is 0 Å². The summed E-state index contributed by atoms with van der Waals surface area (Å²) in [6, 6.07) is 5.33. The van der Waals surface area contributed by atoms with Crippen molar-refractivity contribution in [3.63, 3.8) is 0 Å². The summed E-state index contributed by atoms with van der Waals surface area (Å²) >= 11 is 1.53. The van der Waals surface area contributed by atoms with E-state index in [0.717, 1.165) is 23.9 Å². The molecule has 5 aromatic rings. The number of aliphatic hydroxyl groups excluding tert-OH is 1. The van der Waals surface area contributed by atoms with E-state index in [1.807, 2.05) is 20.0 Å². The molecular weight excluding hydrogens is 514 g/mol.